The fraction of sp³-hybridized carbons (Fsp3) is 0.182. The quantitative estimate of drug-likeness (QED) is 0.246. The molecule has 1 N–H and O–H groups in total. The highest BCUT2D eigenvalue weighted by Crippen LogP contribution is 2.27. The minimum absolute atomic E-state index is 0.0826. The minimum Gasteiger partial charge on any atom is -0.495 e. The van der Waals surface area contributed by atoms with Gasteiger partial charge in [-0.3, -0.25) is 18.7 Å². The Morgan fingerprint density at radius 1 is 1.22 bits per heavy atom. The Bertz CT molecular complexity index is 1420. The largest absolute Gasteiger partial charge is 0.495 e. The molecule has 0 spiro atoms. The Labute approximate surface area is 197 Å². The number of hydrogen-bond donors (Lipinski definition) is 1. The zero-order valence-electron chi connectivity index (χ0n) is 17.6. The number of amides is 1. The van der Waals surface area contributed by atoms with E-state index >= 15 is 0 Å². The first-order valence-electron chi connectivity index (χ1n) is 9.64. The predicted molar refractivity (Wildman–Crippen MR) is 132 cm³/mol. The van der Waals surface area contributed by atoms with E-state index in [1.165, 1.54) is 27.7 Å². The van der Waals surface area contributed by atoms with Crippen LogP contribution in [0.3, 0.4) is 0 Å². The van der Waals surface area contributed by atoms with Crippen molar-refractivity contribution in [2.45, 2.75) is 12.1 Å². The van der Waals surface area contributed by atoms with Crippen LogP contribution in [0.1, 0.15) is 5.56 Å². The molecule has 4 rings (SSSR count). The molecule has 2 aromatic heterocycles. The summed E-state index contributed by atoms with van der Waals surface area (Å²) in [5.41, 5.74) is 2.87. The van der Waals surface area contributed by atoms with Crippen molar-refractivity contribution in [1.82, 2.24) is 14.1 Å². The van der Waals surface area contributed by atoms with Crippen LogP contribution >= 0.6 is 35.3 Å². The van der Waals surface area contributed by atoms with Gasteiger partial charge in [-0.25, -0.2) is 4.98 Å². The maximum absolute atomic E-state index is 13.0. The number of thiazole rings is 1. The first-order valence-corrected chi connectivity index (χ1v) is 11.9. The van der Waals surface area contributed by atoms with Crippen LogP contribution in [0.2, 0.25) is 0 Å². The van der Waals surface area contributed by atoms with Gasteiger partial charge in [0.15, 0.2) is 14.8 Å². The van der Waals surface area contributed by atoms with Gasteiger partial charge in [-0.05, 0) is 43.4 Å². The third-order valence-electron chi connectivity index (χ3n) is 4.78. The van der Waals surface area contributed by atoms with Crippen LogP contribution in [0.5, 0.6) is 5.75 Å². The van der Waals surface area contributed by atoms with Gasteiger partial charge in [0.2, 0.25) is 5.91 Å². The summed E-state index contributed by atoms with van der Waals surface area (Å²) in [6.07, 6.45) is 0. The number of methoxy groups -OCH3 is 1. The van der Waals surface area contributed by atoms with Crippen LogP contribution in [0.4, 0.5) is 5.69 Å². The maximum atomic E-state index is 13.0. The Morgan fingerprint density at radius 3 is 2.66 bits per heavy atom. The molecule has 4 aromatic rings. The molecular weight excluding hydrogens is 464 g/mol. The molecule has 10 heteroatoms. The number of anilines is 1. The molecule has 0 bridgehead atoms. The van der Waals surface area contributed by atoms with E-state index < -0.39 is 0 Å². The van der Waals surface area contributed by atoms with Crippen molar-refractivity contribution in [3.63, 3.8) is 0 Å². The van der Waals surface area contributed by atoms with E-state index in [0.717, 1.165) is 11.3 Å². The molecule has 0 atom stereocenters. The van der Waals surface area contributed by atoms with Crippen molar-refractivity contribution in [1.29, 1.82) is 0 Å². The number of aryl methyl sites for hydroxylation is 1. The molecule has 0 radical (unpaired) electrons. The zero-order valence-corrected chi connectivity index (χ0v) is 20.1. The molecule has 1 amide bonds. The van der Waals surface area contributed by atoms with E-state index in [-0.39, 0.29) is 17.2 Å². The molecule has 0 saturated heterocycles. The van der Waals surface area contributed by atoms with Gasteiger partial charge in [-0.2, -0.15) is 0 Å². The number of benzene rings is 2. The van der Waals surface area contributed by atoms with Gasteiger partial charge < -0.3 is 10.1 Å². The van der Waals surface area contributed by atoms with Crippen LogP contribution in [0.25, 0.3) is 16.0 Å². The van der Waals surface area contributed by atoms with Crippen molar-refractivity contribution in [3.8, 4) is 11.4 Å². The van der Waals surface area contributed by atoms with E-state index in [4.69, 9.17) is 21.9 Å². The monoisotopic (exact) mass is 484 g/mol. The van der Waals surface area contributed by atoms with E-state index in [1.807, 2.05) is 43.3 Å². The summed E-state index contributed by atoms with van der Waals surface area (Å²) in [7, 11) is 3.19. The van der Waals surface area contributed by atoms with E-state index in [0.29, 0.717) is 30.9 Å². The SMILES string of the molecule is COc1ccccc1NC(=O)CSc1nc2c(sc(=S)n2-c2ccc(C)cc2)c(=O)n1C. The number of ether oxygens (including phenoxy) is 1. The lowest BCUT2D eigenvalue weighted by atomic mass is 10.2. The molecule has 0 unspecified atom stereocenters. The Morgan fingerprint density at radius 2 is 1.94 bits per heavy atom. The van der Waals surface area contributed by atoms with Gasteiger partial charge >= 0.3 is 0 Å². The topological polar surface area (TPSA) is 78.2 Å². The lowest BCUT2D eigenvalue weighted by molar-refractivity contribution is -0.113. The van der Waals surface area contributed by atoms with Gasteiger partial charge in [-0.1, -0.05) is 52.9 Å². The number of rotatable bonds is 6. The maximum Gasteiger partial charge on any atom is 0.273 e. The lowest BCUT2D eigenvalue weighted by Gasteiger charge is -2.11. The van der Waals surface area contributed by atoms with E-state index in [1.54, 1.807) is 30.9 Å². The summed E-state index contributed by atoms with van der Waals surface area (Å²) in [6, 6.07) is 15.1. The van der Waals surface area contributed by atoms with Crippen LogP contribution in [0.15, 0.2) is 58.5 Å². The summed E-state index contributed by atoms with van der Waals surface area (Å²) in [5.74, 6) is 0.432. The van der Waals surface area contributed by atoms with Crippen molar-refractivity contribution in [3.05, 3.63) is 68.4 Å². The highest BCUT2D eigenvalue weighted by atomic mass is 32.2. The number of hydrogen-bond acceptors (Lipinski definition) is 7. The molecule has 0 saturated carbocycles. The highest BCUT2D eigenvalue weighted by molar-refractivity contribution is 7.99. The molecule has 2 aromatic carbocycles. The standard InChI is InChI=1S/C22H20N4O3S3/c1-13-8-10-14(11-9-13)26-19-18(32-22(26)30)20(28)25(2)21(24-19)31-12-17(27)23-15-6-4-5-7-16(15)29-3/h4-11H,12H2,1-3H3,(H,23,27). The molecule has 2 heterocycles. The number of carbonyl (C=O) groups is 1. The number of thioether (sulfide) groups is 1. The highest BCUT2D eigenvalue weighted by Gasteiger charge is 2.17. The second-order valence-corrected chi connectivity index (χ2v) is 9.57. The van der Waals surface area contributed by atoms with Crippen LogP contribution in [-0.4, -0.2) is 32.9 Å². The summed E-state index contributed by atoms with van der Waals surface area (Å²) in [5, 5.41) is 3.27. The van der Waals surface area contributed by atoms with E-state index in [2.05, 4.69) is 5.32 Å². The second kappa shape index (κ2) is 9.27. The number of aromatic nitrogens is 3. The summed E-state index contributed by atoms with van der Waals surface area (Å²) >= 11 is 7.95. The van der Waals surface area contributed by atoms with Crippen molar-refractivity contribution >= 4 is 57.3 Å². The fourth-order valence-corrected chi connectivity index (χ4v) is 5.24. The Balaban J connectivity index is 1.64. The smallest absolute Gasteiger partial charge is 0.273 e. The number of para-hydroxylation sites is 2. The second-order valence-electron chi connectivity index (χ2n) is 6.99. The lowest BCUT2D eigenvalue weighted by Crippen LogP contribution is -2.21. The van der Waals surface area contributed by atoms with Gasteiger partial charge in [0.05, 0.1) is 18.6 Å². The minimum atomic E-state index is -0.227. The van der Waals surface area contributed by atoms with Crippen LogP contribution in [0, 0.1) is 10.9 Å². The Kier molecular flexibility index (Phi) is 6.45. The van der Waals surface area contributed by atoms with Crippen molar-refractivity contribution < 1.29 is 9.53 Å². The number of nitrogens with zero attached hydrogens (tertiary/aromatic N) is 3. The average molecular weight is 485 g/mol. The Hall–Kier alpha value is -2.95. The molecule has 7 nitrogen and oxygen atoms in total. The summed E-state index contributed by atoms with van der Waals surface area (Å²) in [4.78, 5) is 30.2. The van der Waals surface area contributed by atoms with Crippen molar-refractivity contribution in [2.24, 2.45) is 7.05 Å². The fourth-order valence-electron chi connectivity index (χ4n) is 3.13. The third-order valence-corrected chi connectivity index (χ3v) is 7.16. The molecule has 164 valence electrons. The predicted octanol–water partition coefficient (Wildman–Crippen LogP) is 4.56. The van der Waals surface area contributed by atoms with Crippen LogP contribution < -0.4 is 15.6 Å². The molecule has 0 aliphatic carbocycles. The molecule has 32 heavy (non-hydrogen) atoms. The van der Waals surface area contributed by atoms with E-state index in [9.17, 15) is 9.59 Å². The van der Waals surface area contributed by atoms with Gasteiger partial charge in [0, 0.05) is 12.7 Å². The normalized spacial score (nSPS) is 11.0. The first kappa shape index (κ1) is 22.3. The molecular formula is C22H20N4O3S3. The van der Waals surface area contributed by atoms with Gasteiger partial charge in [0.1, 0.15) is 10.4 Å². The zero-order chi connectivity index (χ0) is 22.8. The molecule has 0 aliphatic heterocycles. The van der Waals surface area contributed by atoms with Crippen molar-refractivity contribution in [2.75, 3.05) is 18.2 Å². The molecule has 0 fully saturated rings. The third kappa shape index (κ3) is 4.34. The average Bonchev–Trinajstić information content (AvgIpc) is 3.12. The number of fused-ring (bicyclic) bond motifs is 1. The van der Waals surface area contributed by atoms with Crippen LogP contribution in [-0.2, 0) is 11.8 Å². The van der Waals surface area contributed by atoms with Gasteiger partial charge in [-0.15, -0.1) is 0 Å². The van der Waals surface area contributed by atoms with Gasteiger partial charge in [0.25, 0.3) is 5.56 Å². The number of carbonyl (C=O) groups excluding carboxylic acids is 1. The first-order chi connectivity index (χ1) is 15.4. The number of nitrogens with one attached hydrogen (secondary N) is 1. The summed E-state index contributed by atoms with van der Waals surface area (Å²) in [6.45, 7) is 2.01. The molecule has 0 aliphatic rings. The summed E-state index contributed by atoms with van der Waals surface area (Å²) < 4.78 is 9.55.